The van der Waals surface area contributed by atoms with E-state index in [1.807, 2.05) is 4.90 Å². The molecular formula is C15H19FN2O3. The van der Waals surface area contributed by atoms with Crippen LogP contribution in [0.15, 0.2) is 24.3 Å². The summed E-state index contributed by atoms with van der Waals surface area (Å²) in [5.74, 6) is -1.16. The summed E-state index contributed by atoms with van der Waals surface area (Å²) in [5, 5.41) is 8.56. The van der Waals surface area contributed by atoms with Gasteiger partial charge in [-0.25, -0.2) is 4.39 Å². The molecule has 1 heterocycles. The Balaban J connectivity index is 1.82. The average molecular weight is 294 g/mol. The maximum atomic E-state index is 13.7. The second-order valence-corrected chi connectivity index (χ2v) is 5.07. The lowest BCUT2D eigenvalue weighted by Gasteiger charge is -2.36. The van der Waals surface area contributed by atoms with Gasteiger partial charge in [-0.2, -0.15) is 0 Å². The summed E-state index contributed by atoms with van der Waals surface area (Å²) < 4.78 is 13.7. The SMILES string of the molecule is O=C(O)CCCC(=O)N1CCN(c2ccccc2F)CC1. The zero-order valence-electron chi connectivity index (χ0n) is 11.8. The van der Waals surface area contributed by atoms with Gasteiger partial charge in [0.15, 0.2) is 0 Å². The van der Waals surface area contributed by atoms with Crippen LogP contribution < -0.4 is 4.90 Å². The molecule has 5 nitrogen and oxygen atoms in total. The smallest absolute Gasteiger partial charge is 0.303 e. The first-order valence-corrected chi connectivity index (χ1v) is 7.07. The molecule has 1 N–H and O–H groups in total. The van der Waals surface area contributed by atoms with E-state index in [0.29, 0.717) is 38.3 Å². The first kappa shape index (κ1) is 15.3. The number of carboxylic acid groups (broad SMARTS) is 1. The van der Waals surface area contributed by atoms with Gasteiger partial charge in [-0.1, -0.05) is 12.1 Å². The molecule has 0 bridgehead atoms. The lowest BCUT2D eigenvalue weighted by Crippen LogP contribution is -2.49. The third-order valence-corrected chi connectivity index (χ3v) is 3.61. The number of piperazine rings is 1. The number of hydrogen-bond acceptors (Lipinski definition) is 3. The molecular weight excluding hydrogens is 275 g/mol. The van der Waals surface area contributed by atoms with Crippen LogP contribution in [0, 0.1) is 5.82 Å². The number of para-hydroxylation sites is 1. The molecule has 0 aromatic heterocycles. The highest BCUT2D eigenvalue weighted by molar-refractivity contribution is 5.77. The van der Waals surface area contributed by atoms with Gasteiger partial charge >= 0.3 is 5.97 Å². The van der Waals surface area contributed by atoms with Crippen molar-refractivity contribution < 1.29 is 19.1 Å². The third-order valence-electron chi connectivity index (χ3n) is 3.61. The quantitative estimate of drug-likeness (QED) is 0.898. The summed E-state index contributed by atoms with van der Waals surface area (Å²) in [6.07, 6.45) is 0.634. The molecule has 114 valence electrons. The number of carbonyl (C=O) groups is 2. The summed E-state index contributed by atoms with van der Waals surface area (Å²) in [5.41, 5.74) is 0.565. The highest BCUT2D eigenvalue weighted by Crippen LogP contribution is 2.20. The number of halogens is 1. The molecule has 6 heteroatoms. The number of aliphatic carboxylic acids is 1. The monoisotopic (exact) mass is 294 g/mol. The van der Waals surface area contributed by atoms with E-state index in [4.69, 9.17) is 5.11 Å². The number of amides is 1. The Morgan fingerprint density at radius 3 is 2.38 bits per heavy atom. The summed E-state index contributed by atoms with van der Waals surface area (Å²) in [7, 11) is 0. The van der Waals surface area contributed by atoms with Crippen LogP contribution in [0.25, 0.3) is 0 Å². The predicted octanol–water partition coefficient (Wildman–Crippen LogP) is 1.73. The van der Waals surface area contributed by atoms with Crippen molar-refractivity contribution in [1.29, 1.82) is 0 Å². The van der Waals surface area contributed by atoms with Gasteiger partial charge < -0.3 is 14.9 Å². The van der Waals surface area contributed by atoms with Crippen LogP contribution >= 0.6 is 0 Å². The Morgan fingerprint density at radius 1 is 1.10 bits per heavy atom. The molecule has 1 amide bonds. The maximum Gasteiger partial charge on any atom is 0.303 e. The van der Waals surface area contributed by atoms with Crippen LogP contribution in [0.2, 0.25) is 0 Å². The van der Waals surface area contributed by atoms with Gasteiger partial charge in [-0.15, -0.1) is 0 Å². The normalized spacial score (nSPS) is 15.1. The van der Waals surface area contributed by atoms with Crippen LogP contribution in [-0.4, -0.2) is 48.1 Å². The fraction of sp³-hybridized carbons (Fsp3) is 0.467. The van der Waals surface area contributed by atoms with Gasteiger partial charge in [-0.05, 0) is 18.6 Å². The van der Waals surface area contributed by atoms with Crippen molar-refractivity contribution in [3.63, 3.8) is 0 Å². The van der Waals surface area contributed by atoms with Gasteiger partial charge in [0.1, 0.15) is 5.82 Å². The summed E-state index contributed by atoms with van der Waals surface area (Å²) in [6, 6.07) is 6.61. The van der Waals surface area contributed by atoms with Crippen LogP contribution in [0.5, 0.6) is 0 Å². The molecule has 0 unspecified atom stereocenters. The Bertz CT molecular complexity index is 513. The minimum absolute atomic E-state index is 0.0148. The first-order valence-electron chi connectivity index (χ1n) is 7.07. The van der Waals surface area contributed by atoms with E-state index in [9.17, 15) is 14.0 Å². The van der Waals surface area contributed by atoms with Crippen LogP contribution in [0.3, 0.4) is 0 Å². The minimum Gasteiger partial charge on any atom is -0.481 e. The van der Waals surface area contributed by atoms with Crippen molar-refractivity contribution in [3.05, 3.63) is 30.1 Å². The molecule has 0 atom stereocenters. The maximum absolute atomic E-state index is 13.7. The number of benzene rings is 1. The van der Waals surface area contributed by atoms with E-state index in [1.165, 1.54) is 6.07 Å². The zero-order chi connectivity index (χ0) is 15.2. The second kappa shape index (κ2) is 7.06. The predicted molar refractivity (Wildman–Crippen MR) is 76.7 cm³/mol. The fourth-order valence-corrected chi connectivity index (χ4v) is 2.45. The van der Waals surface area contributed by atoms with Crippen molar-refractivity contribution in [1.82, 2.24) is 4.90 Å². The highest BCUT2D eigenvalue weighted by atomic mass is 19.1. The number of rotatable bonds is 5. The largest absolute Gasteiger partial charge is 0.481 e. The lowest BCUT2D eigenvalue weighted by atomic mass is 10.2. The topological polar surface area (TPSA) is 60.9 Å². The van der Waals surface area contributed by atoms with E-state index < -0.39 is 5.97 Å². The van der Waals surface area contributed by atoms with Gasteiger partial charge in [-0.3, -0.25) is 9.59 Å². The van der Waals surface area contributed by atoms with Crippen LogP contribution in [0.4, 0.5) is 10.1 Å². The molecule has 1 aliphatic rings. The van der Waals surface area contributed by atoms with Gasteiger partial charge in [0.2, 0.25) is 5.91 Å². The Hall–Kier alpha value is -2.11. The van der Waals surface area contributed by atoms with Gasteiger partial charge in [0, 0.05) is 39.0 Å². The van der Waals surface area contributed by atoms with Gasteiger partial charge in [0.25, 0.3) is 0 Å². The third kappa shape index (κ3) is 4.18. The standard InChI is InChI=1S/C15H19FN2O3/c16-12-4-1-2-5-13(12)17-8-10-18(11-9-17)14(19)6-3-7-15(20)21/h1-2,4-5H,3,6-11H2,(H,20,21). The molecule has 1 fully saturated rings. The van der Waals surface area contributed by atoms with E-state index >= 15 is 0 Å². The molecule has 0 radical (unpaired) electrons. The number of hydrogen-bond donors (Lipinski definition) is 1. The van der Waals surface area contributed by atoms with Crippen molar-refractivity contribution >= 4 is 17.6 Å². The second-order valence-electron chi connectivity index (χ2n) is 5.07. The van der Waals surface area contributed by atoms with Crippen LogP contribution in [-0.2, 0) is 9.59 Å². The van der Waals surface area contributed by atoms with E-state index in [1.54, 1.807) is 23.1 Å². The molecule has 2 rings (SSSR count). The highest BCUT2D eigenvalue weighted by Gasteiger charge is 2.22. The molecule has 1 saturated heterocycles. The minimum atomic E-state index is -0.882. The molecule has 1 aliphatic heterocycles. The number of carbonyl (C=O) groups excluding carboxylic acids is 1. The number of carboxylic acids is 1. The molecule has 0 aliphatic carbocycles. The summed E-state index contributed by atoms with van der Waals surface area (Å²) in [6.45, 7) is 2.26. The lowest BCUT2D eigenvalue weighted by molar-refractivity contribution is -0.137. The molecule has 0 saturated carbocycles. The van der Waals surface area contributed by atoms with Crippen LogP contribution in [0.1, 0.15) is 19.3 Å². The summed E-state index contributed by atoms with van der Waals surface area (Å²) in [4.78, 5) is 26.0. The van der Waals surface area contributed by atoms with Gasteiger partial charge in [0.05, 0.1) is 5.69 Å². The molecule has 21 heavy (non-hydrogen) atoms. The fourth-order valence-electron chi connectivity index (χ4n) is 2.45. The van der Waals surface area contributed by atoms with E-state index in [2.05, 4.69) is 0 Å². The number of anilines is 1. The van der Waals surface area contributed by atoms with Crippen molar-refractivity contribution in [2.24, 2.45) is 0 Å². The Labute approximate surface area is 123 Å². The molecule has 1 aromatic rings. The van der Waals surface area contributed by atoms with E-state index in [0.717, 1.165) is 0 Å². The first-order chi connectivity index (χ1) is 10.1. The Morgan fingerprint density at radius 2 is 1.76 bits per heavy atom. The summed E-state index contributed by atoms with van der Waals surface area (Å²) >= 11 is 0. The van der Waals surface area contributed by atoms with E-state index in [-0.39, 0.29) is 24.6 Å². The van der Waals surface area contributed by atoms with Crippen molar-refractivity contribution in [2.75, 3.05) is 31.1 Å². The Kier molecular flexibility index (Phi) is 5.14. The average Bonchev–Trinajstić information content (AvgIpc) is 2.47. The molecule has 1 aromatic carbocycles. The van der Waals surface area contributed by atoms with Crippen molar-refractivity contribution in [2.45, 2.75) is 19.3 Å². The zero-order valence-corrected chi connectivity index (χ0v) is 11.8. The number of nitrogens with zero attached hydrogens (tertiary/aromatic N) is 2. The molecule has 0 spiro atoms. The van der Waals surface area contributed by atoms with Crippen molar-refractivity contribution in [3.8, 4) is 0 Å².